The summed E-state index contributed by atoms with van der Waals surface area (Å²) in [5.74, 6) is -1.14. The van der Waals surface area contributed by atoms with Crippen LogP contribution in [-0.2, 0) is 15.1 Å². The van der Waals surface area contributed by atoms with Gasteiger partial charge in [0.1, 0.15) is 17.9 Å². The summed E-state index contributed by atoms with van der Waals surface area (Å²) >= 11 is 6.14. The van der Waals surface area contributed by atoms with Crippen LogP contribution in [0, 0.1) is 18.7 Å². The van der Waals surface area contributed by atoms with E-state index in [2.05, 4.69) is 15.5 Å². The SMILES string of the molecule is Cc1ccc(Cl)cc1N1CCC(CNC(=O)CN2C(=O)NC(C)(c3ccc(F)cc3)C2=O)C1. The topological polar surface area (TPSA) is 81.8 Å². The molecule has 0 aliphatic carbocycles. The van der Waals surface area contributed by atoms with Gasteiger partial charge in [-0.1, -0.05) is 29.8 Å². The fourth-order valence-corrected chi connectivity index (χ4v) is 4.58. The van der Waals surface area contributed by atoms with Crippen LogP contribution in [0.4, 0.5) is 14.9 Å². The fraction of sp³-hybridized carbons (Fsp3) is 0.375. The van der Waals surface area contributed by atoms with Crippen LogP contribution in [-0.4, -0.2) is 48.9 Å². The number of benzene rings is 2. The van der Waals surface area contributed by atoms with Crippen molar-refractivity contribution in [2.75, 3.05) is 31.1 Å². The monoisotopic (exact) mass is 472 g/mol. The van der Waals surface area contributed by atoms with E-state index in [4.69, 9.17) is 11.6 Å². The van der Waals surface area contributed by atoms with Gasteiger partial charge in [-0.15, -0.1) is 0 Å². The Morgan fingerprint density at radius 1 is 1.24 bits per heavy atom. The van der Waals surface area contributed by atoms with Crippen molar-refractivity contribution in [3.8, 4) is 0 Å². The maximum atomic E-state index is 13.2. The molecular weight excluding hydrogens is 447 g/mol. The molecule has 2 unspecified atom stereocenters. The minimum atomic E-state index is -1.34. The van der Waals surface area contributed by atoms with Gasteiger partial charge in [-0.05, 0) is 61.6 Å². The van der Waals surface area contributed by atoms with E-state index in [0.717, 1.165) is 35.7 Å². The third-order valence-corrected chi connectivity index (χ3v) is 6.62. The molecule has 2 aromatic carbocycles. The molecule has 2 aromatic rings. The molecule has 0 aromatic heterocycles. The number of rotatable bonds is 6. The third kappa shape index (κ3) is 4.66. The van der Waals surface area contributed by atoms with Crippen LogP contribution in [0.15, 0.2) is 42.5 Å². The number of carbonyl (C=O) groups is 3. The Kier molecular flexibility index (Phi) is 6.30. The summed E-state index contributed by atoms with van der Waals surface area (Å²) in [5.41, 5.74) is 1.35. The minimum Gasteiger partial charge on any atom is -0.371 e. The van der Waals surface area contributed by atoms with Crippen LogP contribution in [0.2, 0.25) is 5.02 Å². The Hall–Kier alpha value is -3.13. The van der Waals surface area contributed by atoms with Gasteiger partial charge in [-0.3, -0.25) is 14.5 Å². The quantitative estimate of drug-likeness (QED) is 0.633. The molecule has 33 heavy (non-hydrogen) atoms. The average molecular weight is 473 g/mol. The molecule has 174 valence electrons. The highest BCUT2D eigenvalue weighted by atomic mass is 35.5. The summed E-state index contributed by atoms with van der Waals surface area (Å²) in [6.45, 7) is 5.32. The Morgan fingerprint density at radius 3 is 2.70 bits per heavy atom. The van der Waals surface area contributed by atoms with E-state index in [-0.39, 0.29) is 12.5 Å². The smallest absolute Gasteiger partial charge is 0.325 e. The van der Waals surface area contributed by atoms with E-state index in [1.54, 1.807) is 6.92 Å². The predicted octanol–water partition coefficient (Wildman–Crippen LogP) is 3.20. The molecule has 2 heterocycles. The second-order valence-corrected chi connectivity index (χ2v) is 9.23. The van der Waals surface area contributed by atoms with Crippen molar-refractivity contribution in [1.82, 2.24) is 15.5 Å². The summed E-state index contributed by atoms with van der Waals surface area (Å²) in [7, 11) is 0. The lowest BCUT2D eigenvalue weighted by Crippen LogP contribution is -2.44. The lowest BCUT2D eigenvalue weighted by Gasteiger charge is -2.22. The number of nitrogens with zero attached hydrogens (tertiary/aromatic N) is 2. The zero-order valence-electron chi connectivity index (χ0n) is 18.5. The molecule has 4 amide bonds. The number of aryl methyl sites for hydroxylation is 1. The predicted molar refractivity (Wildman–Crippen MR) is 124 cm³/mol. The number of carbonyl (C=O) groups excluding carboxylic acids is 3. The third-order valence-electron chi connectivity index (χ3n) is 6.38. The first-order chi connectivity index (χ1) is 15.7. The largest absolute Gasteiger partial charge is 0.371 e. The molecule has 7 nitrogen and oxygen atoms in total. The van der Waals surface area contributed by atoms with Crippen molar-refractivity contribution < 1.29 is 18.8 Å². The van der Waals surface area contributed by atoms with Gasteiger partial charge in [-0.25, -0.2) is 9.18 Å². The molecule has 2 aliphatic heterocycles. The lowest BCUT2D eigenvalue weighted by molar-refractivity contribution is -0.134. The summed E-state index contributed by atoms with van der Waals surface area (Å²) in [6.07, 6.45) is 0.915. The Morgan fingerprint density at radius 2 is 1.97 bits per heavy atom. The molecule has 2 fully saturated rings. The van der Waals surface area contributed by atoms with Crippen molar-refractivity contribution in [3.05, 3.63) is 64.4 Å². The van der Waals surface area contributed by atoms with Crippen molar-refractivity contribution in [2.45, 2.75) is 25.8 Å². The van der Waals surface area contributed by atoms with E-state index >= 15 is 0 Å². The molecular formula is C24H26ClFN4O3. The molecule has 2 saturated heterocycles. The van der Waals surface area contributed by atoms with Gasteiger partial charge in [0.25, 0.3) is 5.91 Å². The van der Waals surface area contributed by atoms with Gasteiger partial charge < -0.3 is 15.5 Å². The molecule has 9 heteroatoms. The van der Waals surface area contributed by atoms with E-state index in [9.17, 15) is 18.8 Å². The number of anilines is 1. The van der Waals surface area contributed by atoms with Crippen LogP contribution in [0.3, 0.4) is 0 Å². The Labute approximate surface area is 196 Å². The van der Waals surface area contributed by atoms with Gasteiger partial charge in [0, 0.05) is 30.3 Å². The number of hydrogen-bond donors (Lipinski definition) is 2. The molecule has 0 radical (unpaired) electrons. The second-order valence-electron chi connectivity index (χ2n) is 8.79. The molecule has 4 rings (SSSR count). The maximum absolute atomic E-state index is 13.2. The van der Waals surface area contributed by atoms with Gasteiger partial charge in [0.05, 0.1) is 0 Å². The van der Waals surface area contributed by atoms with Crippen molar-refractivity contribution in [2.24, 2.45) is 5.92 Å². The highest BCUT2D eigenvalue weighted by molar-refractivity contribution is 6.30. The number of halogens is 2. The van der Waals surface area contributed by atoms with Gasteiger partial charge in [0.15, 0.2) is 0 Å². The fourth-order valence-electron chi connectivity index (χ4n) is 4.42. The second kappa shape index (κ2) is 9.02. The molecule has 0 spiro atoms. The van der Waals surface area contributed by atoms with Gasteiger partial charge in [-0.2, -0.15) is 0 Å². The molecule has 2 atom stereocenters. The highest BCUT2D eigenvalue weighted by Crippen LogP contribution is 2.30. The normalized spacial score (nSPS) is 22.6. The summed E-state index contributed by atoms with van der Waals surface area (Å²) in [6, 6.07) is 10.5. The van der Waals surface area contributed by atoms with E-state index in [0.29, 0.717) is 17.1 Å². The number of amides is 4. The first kappa shape index (κ1) is 23.0. The van der Waals surface area contributed by atoms with Crippen molar-refractivity contribution in [1.29, 1.82) is 0 Å². The summed E-state index contributed by atoms with van der Waals surface area (Å²) in [5, 5.41) is 6.16. The van der Waals surface area contributed by atoms with E-state index < -0.39 is 29.2 Å². The van der Waals surface area contributed by atoms with Gasteiger partial charge in [0.2, 0.25) is 5.91 Å². The summed E-state index contributed by atoms with van der Waals surface area (Å²) in [4.78, 5) is 41.0. The number of nitrogens with one attached hydrogen (secondary N) is 2. The molecule has 2 N–H and O–H groups in total. The Bertz CT molecular complexity index is 1090. The highest BCUT2D eigenvalue weighted by Gasteiger charge is 2.49. The van der Waals surface area contributed by atoms with Crippen LogP contribution in [0.25, 0.3) is 0 Å². The Balaban J connectivity index is 1.32. The maximum Gasteiger partial charge on any atom is 0.325 e. The van der Waals surface area contributed by atoms with Crippen LogP contribution >= 0.6 is 11.6 Å². The van der Waals surface area contributed by atoms with Gasteiger partial charge >= 0.3 is 6.03 Å². The van der Waals surface area contributed by atoms with Crippen molar-refractivity contribution >= 4 is 35.1 Å². The van der Waals surface area contributed by atoms with E-state index in [1.807, 2.05) is 25.1 Å². The molecule has 0 saturated carbocycles. The molecule has 2 aliphatic rings. The number of imide groups is 1. The van der Waals surface area contributed by atoms with Crippen LogP contribution < -0.4 is 15.5 Å². The zero-order chi connectivity index (χ0) is 23.8. The minimum absolute atomic E-state index is 0.250. The number of urea groups is 1. The van der Waals surface area contributed by atoms with E-state index in [1.165, 1.54) is 24.3 Å². The number of hydrogen-bond acceptors (Lipinski definition) is 4. The molecule has 0 bridgehead atoms. The summed E-state index contributed by atoms with van der Waals surface area (Å²) < 4.78 is 13.2. The van der Waals surface area contributed by atoms with Crippen molar-refractivity contribution in [3.63, 3.8) is 0 Å². The van der Waals surface area contributed by atoms with Crippen LogP contribution in [0.1, 0.15) is 24.5 Å². The zero-order valence-corrected chi connectivity index (χ0v) is 19.3. The first-order valence-electron chi connectivity index (χ1n) is 10.9. The standard InChI is InChI=1S/C24H26ClFN4O3/c1-15-3-6-18(25)11-20(15)29-10-9-16(13-29)12-27-21(31)14-30-22(32)24(2,28-23(30)33)17-4-7-19(26)8-5-17/h3-8,11,16H,9-10,12-14H2,1-2H3,(H,27,31)(H,28,33). The lowest BCUT2D eigenvalue weighted by atomic mass is 9.92. The average Bonchev–Trinajstić information content (AvgIpc) is 3.33. The first-order valence-corrected chi connectivity index (χ1v) is 11.2. The van der Waals surface area contributed by atoms with Crippen LogP contribution in [0.5, 0.6) is 0 Å².